The summed E-state index contributed by atoms with van der Waals surface area (Å²) >= 11 is 0. The Balaban J connectivity index is 1.53. The maximum absolute atomic E-state index is 12.6. The minimum absolute atomic E-state index is 0.192. The van der Waals surface area contributed by atoms with Gasteiger partial charge in [0.1, 0.15) is 12.7 Å². The number of hydrogen-bond acceptors (Lipinski definition) is 5. The van der Waals surface area contributed by atoms with Gasteiger partial charge in [-0.3, -0.25) is 14.2 Å². The van der Waals surface area contributed by atoms with Crippen LogP contribution in [0.4, 0.5) is 0 Å². The number of aryl methyl sites for hydroxylation is 3. The molecule has 144 valence electrons. The fraction of sp³-hybridized carbons (Fsp3) is 0.286. The number of amides is 1. The van der Waals surface area contributed by atoms with E-state index in [9.17, 15) is 9.59 Å². The van der Waals surface area contributed by atoms with E-state index in [1.807, 2.05) is 26.0 Å². The first-order chi connectivity index (χ1) is 13.5. The number of carbonyl (C=O) groups is 1. The molecule has 0 saturated carbocycles. The molecule has 0 aliphatic carbocycles. The highest BCUT2D eigenvalue weighted by Gasteiger charge is 2.05. The molecular weight excluding hydrogens is 354 g/mol. The molecule has 28 heavy (non-hydrogen) atoms. The van der Waals surface area contributed by atoms with E-state index < -0.39 is 0 Å². The van der Waals surface area contributed by atoms with Gasteiger partial charge in [0.2, 0.25) is 5.91 Å². The maximum Gasteiger partial charge on any atom is 0.265 e. The van der Waals surface area contributed by atoms with Crippen LogP contribution >= 0.6 is 0 Å². The lowest BCUT2D eigenvalue weighted by Crippen LogP contribution is -2.23. The molecule has 0 fully saturated rings. The maximum atomic E-state index is 12.6. The third kappa shape index (κ3) is 4.88. The second kappa shape index (κ2) is 9.03. The number of benzene rings is 1. The van der Waals surface area contributed by atoms with E-state index in [4.69, 9.17) is 0 Å². The quantitative estimate of drug-likeness (QED) is 0.504. The molecule has 2 aromatic heterocycles. The fourth-order valence-electron chi connectivity index (χ4n) is 2.83. The van der Waals surface area contributed by atoms with Crippen LogP contribution in [0.3, 0.4) is 0 Å². The van der Waals surface area contributed by atoms with E-state index in [-0.39, 0.29) is 11.5 Å². The molecule has 7 nitrogen and oxygen atoms in total. The summed E-state index contributed by atoms with van der Waals surface area (Å²) in [5.74, 6) is -0.241. The highest BCUT2D eigenvalue weighted by atomic mass is 16.1. The summed E-state index contributed by atoms with van der Waals surface area (Å²) < 4.78 is 1.33. The second-order valence-electron chi connectivity index (χ2n) is 6.72. The highest BCUT2D eigenvalue weighted by molar-refractivity contribution is 5.90. The van der Waals surface area contributed by atoms with Crippen LogP contribution in [-0.2, 0) is 11.2 Å². The third-order valence-corrected chi connectivity index (χ3v) is 4.59. The fourth-order valence-corrected chi connectivity index (χ4v) is 2.83. The van der Waals surface area contributed by atoms with Crippen LogP contribution in [0.25, 0.3) is 17.1 Å². The normalized spacial score (nSPS) is 11.2. The first-order valence-corrected chi connectivity index (χ1v) is 9.22. The molecule has 0 aliphatic rings. The van der Waals surface area contributed by atoms with Crippen molar-refractivity contribution in [2.75, 3.05) is 6.54 Å². The molecule has 1 amide bonds. The summed E-state index contributed by atoms with van der Waals surface area (Å²) in [5.41, 5.74) is 3.68. The number of unbranched alkanes of at least 4 members (excludes halogenated alkanes) is 1. The zero-order valence-corrected chi connectivity index (χ0v) is 16.1. The second-order valence-corrected chi connectivity index (χ2v) is 6.72. The smallest absolute Gasteiger partial charge is 0.265 e. The van der Waals surface area contributed by atoms with Crippen molar-refractivity contribution in [1.82, 2.24) is 24.8 Å². The zero-order chi connectivity index (χ0) is 19.9. The molecule has 1 N–H and O–H groups in total. The van der Waals surface area contributed by atoms with Gasteiger partial charge in [-0.1, -0.05) is 0 Å². The van der Waals surface area contributed by atoms with E-state index in [0.717, 1.165) is 36.0 Å². The Morgan fingerprint density at radius 3 is 2.68 bits per heavy atom. The van der Waals surface area contributed by atoms with Crippen molar-refractivity contribution in [2.24, 2.45) is 0 Å². The number of fused-ring (bicyclic) bond motifs is 1. The largest absolute Gasteiger partial charge is 0.353 e. The van der Waals surface area contributed by atoms with Crippen LogP contribution in [-0.4, -0.2) is 32.0 Å². The molecule has 0 bridgehead atoms. The van der Waals surface area contributed by atoms with E-state index in [1.54, 1.807) is 12.4 Å². The molecule has 0 aliphatic heterocycles. The number of rotatable bonds is 7. The van der Waals surface area contributed by atoms with Crippen molar-refractivity contribution in [3.63, 3.8) is 0 Å². The van der Waals surface area contributed by atoms with E-state index in [1.165, 1.54) is 29.5 Å². The third-order valence-electron chi connectivity index (χ3n) is 4.59. The minimum Gasteiger partial charge on any atom is -0.353 e. The lowest BCUT2D eigenvalue weighted by Gasteiger charge is -2.05. The van der Waals surface area contributed by atoms with Crippen LogP contribution in [0.2, 0.25) is 0 Å². The van der Waals surface area contributed by atoms with Gasteiger partial charge in [-0.05, 0) is 61.9 Å². The van der Waals surface area contributed by atoms with Gasteiger partial charge in [0.05, 0.1) is 10.9 Å². The lowest BCUT2D eigenvalue weighted by molar-refractivity contribution is -0.116. The Hall–Kier alpha value is -3.35. The molecule has 3 aromatic rings. The Labute approximate surface area is 163 Å². The number of carbonyl (C=O) groups excluding carboxylic acids is 1. The van der Waals surface area contributed by atoms with Crippen LogP contribution in [0.5, 0.6) is 0 Å². The monoisotopic (exact) mass is 377 g/mol. The number of hydrogen-bond donors (Lipinski definition) is 1. The van der Waals surface area contributed by atoms with Gasteiger partial charge in [-0.15, -0.1) is 0 Å². The van der Waals surface area contributed by atoms with Crippen molar-refractivity contribution >= 4 is 23.0 Å². The molecule has 0 atom stereocenters. The standard InChI is InChI=1S/C21H23N5O2/c1-15-9-18-19(10-16(15)2)25-14-26(21(18)28)8-6-20(27)24-7-4-3-5-17-11-22-13-23-12-17/h6,8-14H,3-5,7H2,1-2H3,(H,24,27)/b8-6+. The molecule has 0 unspecified atom stereocenters. The average molecular weight is 377 g/mol. The van der Waals surface area contributed by atoms with Gasteiger partial charge < -0.3 is 5.32 Å². The van der Waals surface area contributed by atoms with Gasteiger partial charge in [0, 0.05) is 31.2 Å². The molecule has 3 rings (SSSR count). The molecule has 0 saturated heterocycles. The SMILES string of the molecule is Cc1cc2ncn(/C=C/C(=O)NCCCCc3cncnc3)c(=O)c2cc1C. The van der Waals surface area contributed by atoms with Crippen molar-refractivity contribution in [3.8, 4) is 0 Å². The van der Waals surface area contributed by atoms with Gasteiger partial charge in [-0.25, -0.2) is 15.0 Å². The summed E-state index contributed by atoms with van der Waals surface area (Å²) in [7, 11) is 0. The predicted octanol–water partition coefficient (Wildman–Crippen LogP) is 2.41. The Bertz CT molecular complexity index is 1060. The van der Waals surface area contributed by atoms with Crippen LogP contribution in [0.15, 0.2) is 48.1 Å². The molecule has 0 spiro atoms. The first kappa shape index (κ1) is 19.4. The highest BCUT2D eigenvalue weighted by Crippen LogP contribution is 2.14. The average Bonchev–Trinajstić information content (AvgIpc) is 2.69. The number of aromatic nitrogens is 4. The first-order valence-electron chi connectivity index (χ1n) is 9.22. The molecule has 7 heteroatoms. The summed E-state index contributed by atoms with van der Waals surface area (Å²) in [6.07, 6.45) is 12.0. The van der Waals surface area contributed by atoms with Gasteiger partial charge in [0.15, 0.2) is 0 Å². The molecule has 2 heterocycles. The summed E-state index contributed by atoms with van der Waals surface area (Å²) in [4.78, 5) is 36.8. The van der Waals surface area contributed by atoms with Crippen LogP contribution in [0, 0.1) is 13.8 Å². The van der Waals surface area contributed by atoms with Gasteiger partial charge >= 0.3 is 0 Å². The van der Waals surface area contributed by atoms with E-state index >= 15 is 0 Å². The van der Waals surface area contributed by atoms with E-state index in [0.29, 0.717) is 17.4 Å². The summed E-state index contributed by atoms with van der Waals surface area (Å²) in [6, 6.07) is 3.73. The summed E-state index contributed by atoms with van der Waals surface area (Å²) in [5, 5.41) is 3.36. The van der Waals surface area contributed by atoms with Gasteiger partial charge in [0.25, 0.3) is 5.56 Å². The Kier molecular flexibility index (Phi) is 6.26. The predicted molar refractivity (Wildman–Crippen MR) is 109 cm³/mol. The lowest BCUT2D eigenvalue weighted by atomic mass is 10.1. The molecule has 0 radical (unpaired) electrons. The van der Waals surface area contributed by atoms with Crippen LogP contribution < -0.4 is 10.9 Å². The van der Waals surface area contributed by atoms with Crippen molar-refractivity contribution in [1.29, 1.82) is 0 Å². The van der Waals surface area contributed by atoms with Crippen LogP contribution in [0.1, 0.15) is 29.5 Å². The Morgan fingerprint density at radius 1 is 1.14 bits per heavy atom. The topological polar surface area (TPSA) is 89.8 Å². The van der Waals surface area contributed by atoms with E-state index in [2.05, 4.69) is 20.3 Å². The van der Waals surface area contributed by atoms with Crippen molar-refractivity contribution < 1.29 is 4.79 Å². The number of nitrogens with one attached hydrogen (secondary N) is 1. The van der Waals surface area contributed by atoms with Crippen molar-refractivity contribution in [3.05, 3.63) is 70.3 Å². The zero-order valence-electron chi connectivity index (χ0n) is 16.1. The minimum atomic E-state index is -0.241. The van der Waals surface area contributed by atoms with Crippen molar-refractivity contribution in [2.45, 2.75) is 33.1 Å². The number of nitrogens with zero attached hydrogens (tertiary/aromatic N) is 4. The summed E-state index contributed by atoms with van der Waals surface area (Å²) in [6.45, 7) is 4.51. The molecule has 1 aromatic carbocycles. The Morgan fingerprint density at radius 2 is 1.89 bits per heavy atom. The van der Waals surface area contributed by atoms with Gasteiger partial charge in [-0.2, -0.15) is 0 Å². The molecular formula is C21H23N5O2.